The lowest BCUT2D eigenvalue weighted by Gasteiger charge is -2.16. The van der Waals surface area contributed by atoms with Crippen LogP contribution in [0.25, 0.3) is 0 Å². The normalized spacial score (nSPS) is 32.1. The van der Waals surface area contributed by atoms with Crippen LogP contribution < -0.4 is 45.6 Å². The van der Waals surface area contributed by atoms with Gasteiger partial charge in [-0.2, -0.15) is 15.0 Å². The fraction of sp³-hybridized carbons (Fsp3) is 0.588. The van der Waals surface area contributed by atoms with E-state index in [1.165, 1.54) is 24.8 Å². The van der Waals surface area contributed by atoms with Crippen molar-refractivity contribution in [3.8, 4) is 0 Å². The van der Waals surface area contributed by atoms with Gasteiger partial charge in [0.2, 0.25) is 11.9 Å². The molecule has 20 N–H and O–H groups in total. The second kappa shape index (κ2) is 22.6. The molecule has 0 bridgehead atoms. The van der Waals surface area contributed by atoms with Crippen molar-refractivity contribution in [2.75, 3.05) is 49.4 Å². The van der Waals surface area contributed by atoms with E-state index < -0.39 is 134 Å². The van der Waals surface area contributed by atoms with E-state index in [0.717, 1.165) is 20.0 Å². The summed E-state index contributed by atoms with van der Waals surface area (Å²) in [5, 5.41) is 103. The summed E-state index contributed by atoms with van der Waals surface area (Å²) in [4.78, 5) is 69.5. The molecule has 33 heteroatoms. The van der Waals surface area contributed by atoms with E-state index in [-0.39, 0.29) is 42.3 Å². The largest absolute Gasteiger partial charge is 0.394 e. The Morgan fingerprint density at radius 1 is 0.582 bits per heavy atom. The lowest BCUT2D eigenvalue weighted by atomic mass is 10.0. The highest BCUT2D eigenvalue weighted by Crippen LogP contribution is 2.32. The number of aliphatic hydroxyl groups is 11. The van der Waals surface area contributed by atoms with E-state index in [2.05, 4.69) is 34.9 Å². The van der Waals surface area contributed by atoms with Crippen LogP contribution in [0.3, 0.4) is 0 Å². The standard InChI is InChI=1S/2C9H13N3O5.C8H12N4O5.C8H12N4O4/c10-9-11-1-3(8(16)12-9)7-6(15)5(14)4(2-13)17-7;10-5-1-2-12(9(16)11-5)8-7(15)6(14)4(3-13)17-8;9-7-10-2-12(8(16)11-7)6-5(15)4(14)3(1-13)17-6;9-7-10-3-12(8(15)11-7)6-1-4(14)5(2-13)16-6/h1,4-7,13-15H,2H2,(H3,10,11,12,16);1-2,4,6-8,13-15H,3H2,(H2,10,11,16);2-6,13-15H,1H2,(H2,9,11,16);3-6,13-14H,1-2H2,(H2,9,11,15)/t4-,5?,6+,7+;4-,6?,7-,8-;3-,4?,5+,6-;4?,5-,6-/m1111/s1. The molecule has 4 aliphatic rings. The predicted molar refractivity (Wildman–Crippen MR) is 218 cm³/mol. The second-order valence-corrected chi connectivity index (χ2v) is 14.7. The van der Waals surface area contributed by atoms with Gasteiger partial charge in [0.15, 0.2) is 18.4 Å². The molecule has 4 aromatic heterocycles. The van der Waals surface area contributed by atoms with E-state index in [4.69, 9.17) is 62.3 Å². The molecule has 0 spiro atoms. The van der Waals surface area contributed by atoms with Gasteiger partial charge >= 0.3 is 17.1 Å². The van der Waals surface area contributed by atoms with Crippen LogP contribution in [0.15, 0.2) is 50.3 Å². The van der Waals surface area contributed by atoms with Crippen LogP contribution in [0.5, 0.6) is 0 Å². The summed E-state index contributed by atoms with van der Waals surface area (Å²) in [6.45, 7) is -1.68. The zero-order chi connectivity index (χ0) is 49.4. The average molecular weight is 959 g/mol. The Morgan fingerprint density at radius 3 is 1.51 bits per heavy atom. The van der Waals surface area contributed by atoms with Crippen molar-refractivity contribution >= 4 is 23.7 Å². The maximum atomic E-state index is 11.6. The Morgan fingerprint density at radius 2 is 1.06 bits per heavy atom. The number of nitrogen functional groups attached to an aromatic ring is 4. The summed E-state index contributed by atoms with van der Waals surface area (Å²) in [6.07, 6.45) is -11.0. The first-order chi connectivity index (χ1) is 31.7. The number of ether oxygens (including phenoxy) is 4. The third-order valence-corrected chi connectivity index (χ3v) is 10.3. The van der Waals surface area contributed by atoms with Gasteiger partial charge in [-0.05, 0) is 6.07 Å². The van der Waals surface area contributed by atoms with E-state index >= 15 is 0 Å². The molecule has 33 nitrogen and oxygen atoms in total. The molecule has 0 amide bonds. The van der Waals surface area contributed by atoms with Crippen molar-refractivity contribution in [3.63, 3.8) is 0 Å². The van der Waals surface area contributed by atoms with Crippen LogP contribution in [-0.2, 0) is 18.9 Å². The summed E-state index contributed by atoms with van der Waals surface area (Å²) in [5.41, 5.74) is 18.5. The van der Waals surface area contributed by atoms with Crippen molar-refractivity contribution < 1.29 is 75.1 Å². The molecule has 15 atom stereocenters. The molecular weight excluding hydrogens is 908 g/mol. The molecule has 4 aliphatic heterocycles. The molecule has 4 unspecified atom stereocenters. The van der Waals surface area contributed by atoms with E-state index in [0.29, 0.717) is 0 Å². The number of aliphatic hydroxyl groups excluding tert-OH is 11. The number of nitrogens with two attached hydrogens (primary N) is 4. The van der Waals surface area contributed by atoms with Crippen LogP contribution in [0.2, 0.25) is 0 Å². The van der Waals surface area contributed by atoms with Gasteiger partial charge in [0.25, 0.3) is 5.56 Å². The molecular formula is C34H50N14O19. The number of anilines is 4. The van der Waals surface area contributed by atoms with Gasteiger partial charge in [-0.1, -0.05) is 0 Å². The monoisotopic (exact) mass is 958 g/mol. The molecule has 8 rings (SSSR count). The molecule has 8 heterocycles. The van der Waals surface area contributed by atoms with E-state index in [1.54, 1.807) is 0 Å². The van der Waals surface area contributed by atoms with Gasteiger partial charge in [-0.25, -0.2) is 29.3 Å². The Labute approximate surface area is 373 Å². The van der Waals surface area contributed by atoms with Gasteiger partial charge in [-0.3, -0.25) is 23.5 Å². The fourth-order valence-electron chi connectivity index (χ4n) is 6.75. The molecule has 4 saturated heterocycles. The third kappa shape index (κ3) is 11.9. The highest BCUT2D eigenvalue weighted by molar-refractivity contribution is 5.24. The topological polar surface area (TPSA) is 540 Å². The SMILES string of the molecule is Nc1ccn([C@@H]2O[C@H](CO)C(O)[C@H]2O)c(=O)n1.Nc1ncc([C@@H]2O[C@H](CO)C(O)[C@@H]2O)c(=O)[nH]1.Nc1ncn([C@@H]2O[C@H](CO)C(O)[C@@H]2O)c(=O)n1.Nc1ncn([C@H]2CC(O)[C@@H](CO)O2)c(=O)n1. The maximum Gasteiger partial charge on any atom is 0.354 e. The van der Waals surface area contributed by atoms with Crippen molar-refractivity contribution in [2.24, 2.45) is 0 Å². The number of H-pyrrole nitrogens is 1. The fourth-order valence-corrected chi connectivity index (χ4v) is 6.75. The Balaban J connectivity index is 0.000000167. The van der Waals surface area contributed by atoms with Gasteiger partial charge < -0.3 is 98.1 Å². The number of aromatic amines is 1. The number of rotatable bonds is 8. The molecule has 0 aromatic carbocycles. The Bertz CT molecular complexity index is 2300. The smallest absolute Gasteiger partial charge is 0.354 e. The molecule has 67 heavy (non-hydrogen) atoms. The van der Waals surface area contributed by atoms with Crippen LogP contribution in [0.4, 0.5) is 23.7 Å². The van der Waals surface area contributed by atoms with Crippen LogP contribution in [0, 0.1) is 0 Å². The average Bonchev–Trinajstić information content (AvgIpc) is 3.99. The highest BCUT2D eigenvalue weighted by atomic mass is 16.6. The van der Waals surface area contributed by atoms with Crippen LogP contribution in [-0.4, -0.2) is 198 Å². The minimum atomic E-state index is -1.35. The van der Waals surface area contributed by atoms with Gasteiger partial charge in [0, 0.05) is 18.8 Å². The van der Waals surface area contributed by atoms with Crippen molar-refractivity contribution in [3.05, 3.63) is 78.5 Å². The number of nitrogens with zero attached hydrogens (tertiary/aromatic N) is 9. The maximum absolute atomic E-state index is 11.6. The lowest BCUT2D eigenvalue weighted by Crippen LogP contribution is -2.36. The highest BCUT2D eigenvalue weighted by Gasteiger charge is 2.46. The zero-order valence-electron chi connectivity index (χ0n) is 34.6. The van der Waals surface area contributed by atoms with Crippen LogP contribution >= 0.6 is 0 Å². The summed E-state index contributed by atoms with van der Waals surface area (Å²) in [5.74, 6) is -0.306. The van der Waals surface area contributed by atoms with Crippen molar-refractivity contribution in [1.82, 2.24) is 48.6 Å². The van der Waals surface area contributed by atoms with Crippen molar-refractivity contribution in [2.45, 2.75) is 98.4 Å². The molecule has 4 fully saturated rings. The first-order valence-electron chi connectivity index (χ1n) is 19.7. The quantitative estimate of drug-likeness (QED) is 0.0780. The molecule has 370 valence electrons. The first kappa shape index (κ1) is 52.0. The van der Waals surface area contributed by atoms with Gasteiger partial charge in [0.1, 0.15) is 91.8 Å². The minimum absolute atomic E-state index is 0.0505. The minimum Gasteiger partial charge on any atom is -0.394 e. The van der Waals surface area contributed by atoms with Crippen molar-refractivity contribution in [1.29, 1.82) is 0 Å². The summed E-state index contributed by atoms with van der Waals surface area (Å²) in [6, 6.07) is 1.37. The lowest BCUT2D eigenvalue weighted by molar-refractivity contribution is -0.0554. The Kier molecular flexibility index (Phi) is 17.6. The first-order valence-corrected chi connectivity index (χ1v) is 19.7. The Hall–Kier alpha value is -6.02. The molecule has 0 radical (unpaired) electrons. The van der Waals surface area contributed by atoms with E-state index in [9.17, 15) is 54.9 Å². The summed E-state index contributed by atoms with van der Waals surface area (Å²) < 4.78 is 23.8. The number of hydrogen-bond acceptors (Lipinski definition) is 29. The number of nitrogens with one attached hydrogen (secondary N) is 1. The van der Waals surface area contributed by atoms with Gasteiger partial charge in [0.05, 0.1) is 38.1 Å². The zero-order valence-corrected chi connectivity index (χ0v) is 34.6. The molecule has 0 saturated carbocycles. The summed E-state index contributed by atoms with van der Waals surface area (Å²) in [7, 11) is 0. The number of aromatic nitrogens is 10. The molecule has 4 aromatic rings. The van der Waals surface area contributed by atoms with Crippen LogP contribution in [0.1, 0.15) is 36.8 Å². The van der Waals surface area contributed by atoms with E-state index in [1.807, 2.05) is 0 Å². The number of hydrogen-bond donors (Lipinski definition) is 16. The predicted octanol–water partition coefficient (Wildman–Crippen LogP) is -10.4. The second-order valence-electron chi connectivity index (χ2n) is 14.7. The third-order valence-electron chi connectivity index (χ3n) is 10.3. The molecule has 0 aliphatic carbocycles. The summed E-state index contributed by atoms with van der Waals surface area (Å²) >= 11 is 0. The van der Waals surface area contributed by atoms with Gasteiger partial charge in [-0.15, -0.1) is 0 Å².